The molecule has 0 fully saturated rings. The van der Waals surface area contributed by atoms with Crippen LogP contribution in [0, 0.1) is 0 Å². The van der Waals surface area contributed by atoms with Crippen molar-refractivity contribution in [3.8, 4) is 5.75 Å². The SMILES string of the molecule is COC(=O)C1=C(C(=O)OC)[C@@H](c2cc(Cl)ccc2O)c2sc(=O)[nH]c2S1. The number of hydrogen-bond donors (Lipinski definition) is 2. The van der Waals surface area contributed by atoms with Crippen molar-refractivity contribution in [2.45, 2.75) is 10.9 Å². The van der Waals surface area contributed by atoms with Crippen LogP contribution in [0.2, 0.25) is 5.02 Å². The van der Waals surface area contributed by atoms with Crippen molar-refractivity contribution in [3.05, 3.63) is 53.8 Å². The van der Waals surface area contributed by atoms with Gasteiger partial charge < -0.3 is 19.6 Å². The van der Waals surface area contributed by atoms with E-state index in [0.29, 0.717) is 14.9 Å². The molecule has 2 N–H and O–H groups in total. The van der Waals surface area contributed by atoms with Gasteiger partial charge in [-0.2, -0.15) is 0 Å². The number of nitrogens with one attached hydrogen (secondary N) is 1. The lowest BCUT2D eigenvalue weighted by molar-refractivity contribution is -0.139. The fourth-order valence-electron chi connectivity index (χ4n) is 2.63. The molecule has 0 bridgehead atoms. The lowest BCUT2D eigenvalue weighted by atomic mass is 9.88. The minimum atomic E-state index is -0.907. The van der Waals surface area contributed by atoms with Crippen LogP contribution in [0.4, 0.5) is 0 Å². The number of methoxy groups -OCH3 is 2. The summed E-state index contributed by atoms with van der Waals surface area (Å²) in [6.45, 7) is 0. The number of carbonyl (C=O) groups excluding carboxylic acids is 2. The molecule has 1 aliphatic rings. The van der Waals surface area contributed by atoms with Gasteiger partial charge in [-0.15, -0.1) is 0 Å². The molecular weight excluding hydrogens is 402 g/mol. The fourth-order valence-corrected chi connectivity index (χ4v) is 5.03. The zero-order chi connectivity index (χ0) is 19.0. The van der Waals surface area contributed by atoms with Gasteiger partial charge in [-0.05, 0) is 18.2 Å². The highest BCUT2D eigenvalue weighted by atomic mass is 35.5. The average Bonchev–Trinajstić information content (AvgIpc) is 3.00. The van der Waals surface area contributed by atoms with Crippen molar-refractivity contribution in [1.82, 2.24) is 4.98 Å². The number of thiazole rings is 1. The Hall–Kier alpha value is -2.23. The van der Waals surface area contributed by atoms with E-state index in [9.17, 15) is 19.5 Å². The number of aromatic amines is 1. The van der Waals surface area contributed by atoms with E-state index >= 15 is 0 Å². The lowest BCUT2D eigenvalue weighted by Gasteiger charge is -2.26. The highest BCUT2D eigenvalue weighted by molar-refractivity contribution is 8.04. The molecule has 0 unspecified atom stereocenters. The second-order valence-corrected chi connectivity index (χ2v) is 7.64. The van der Waals surface area contributed by atoms with E-state index in [1.54, 1.807) is 0 Å². The van der Waals surface area contributed by atoms with Crippen LogP contribution in [-0.4, -0.2) is 36.2 Å². The number of rotatable bonds is 3. The van der Waals surface area contributed by atoms with Gasteiger partial charge in [0.1, 0.15) is 10.7 Å². The Morgan fingerprint density at radius 2 is 1.92 bits per heavy atom. The van der Waals surface area contributed by atoms with Crippen molar-refractivity contribution >= 4 is 46.6 Å². The smallest absolute Gasteiger partial charge is 0.345 e. The predicted octanol–water partition coefficient (Wildman–Crippen LogP) is 2.63. The maximum atomic E-state index is 12.5. The summed E-state index contributed by atoms with van der Waals surface area (Å²) in [6, 6.07) is 4.34. The standard InChI is InChI=1S/C16H12ClNO6S2/c1-23-14(20)10-9(7-5-6(17)3-4-8(7)19)11-13(18-16(22)26-11)25-12(10)15(21)24-2/h3-5,9,19H,1-2H3,(H,18,22)/t9-/m1/s1. The molecule has 0 saturated carbocycles. The number of H-pyrrole nitrogens is 1. The molecule has 26 heavy (non-hydrogen) atoms. The summed E-state index contributed by atoms with van der Waals surface area (Å²) in [5, 5.41) is 11.1. The topological polar surface area (TPSA) is 106 Å². The molecule has 3 rings (SSSR count). The largest absolute Gasteiger partial charge is 0.508 e. The third-order valence-corrected chi connectivity index (χ3v) is 6.15. The Kier molecular flexibility index (Phi) is 5.12. The minimum Gasteiger partial charge on any atom is -0.508 e. The van der Waals surface area contributed by atoms with Crippen LogP contribution in [0.25, 0.3) is 0 Å². The fraction of sp³-hybridized carbons (Fsp3) is 0.188. The molecule has 1 aromatic heterocycles. The number of benzene rings is 1. The van der Waals surface area contributed by atoms with Crippen LogP contribution in [0.1, 0.15) is 16.4 Å². The van der Waals surface area contributed by atoms with Crippen LogP contribution in [0.3, 0.4) is 0 Å². The quantitative estimate of drug-likeness (QED) is 0.745. The number of esters is 2. The predicted molar refractivity (Wildman–Crippen MR) is 96.8 cm³/mol. The van der Waals surface area contributed by atoms with Gasteiger partial charge in [0.25, 0.3) is 0 Å². The highest BCUT2D eigenvalue weighted by Gasteiger charge is 2.40. The summed E-state index contributed by atoms with van der Waals surface area (Å²) in [6.07, 6.45) is 0. The maximum Gasteiger partial charge on any atom is 0.345 e. The molecule has 1 aromatic carbocycles. The third kappa shape index (κ3) is 3.13. The maximum absolute atomic E-state index is 12.5. The van der Waals surface area contributed by atoms with Gasteiger partial charge in [-0.1, -0.05) is 34.7 Å². The van der Waals surface area contributed by atoms with E-state index in [1.807, 2.05) is 0 Å². The van der Waals surface area contributed by atoms with Crippen molar-refractivity contribution in [2.24, 2.45) is 0 Å². The molecule has 0 spiro atoms. The van der Waals surface area contributed by atoms with Gasteiger partial charge in [-0.25, -0.2) is 9.59 Å². The van der Waals surface area contributed by atoms with Crippen LogP contribution in [-0.2, 0) is 19.1 Å². The molecule has 1 atom stereocenters. The van der Waals surface area contributed by atoms with Gasteiger partial charge in [-0.3, -0.25) is 4.79 Å². The number of halogens is 1. The van der Waals surface area contributed by atoms with Crippen LogP contribution < -0.4 is 4.87 Å². The van der Waals surface area contributed by atoms with Gasteiger partial charge in [0.15, 0.2) is 0 Å². The molecular formula is C16H12ClNO6S2. The van der Waals surface area contributed by atoms with E-state index in [4.69, 9.17) is 21.1 Å². The van der Waals surface area contributed by atoms with Gasteiger partial charge in [0.05, 0.1) is 35.6 Å². The zero-order valence-corrected chi connectivity index (χ0v) is 15.9. The number of aromatic hydroxyl groups is 1. The summed E-state index contributed by atoms with van der Waals surface area (Å²) in [5.41, 5.74) is 0.251. The molecule has 0 amide bonds. The minimum absolute atomic E-state index is 0.0229. The summed E-state index contributed by atoms with van der Waals surface area (Å²) < 4.78 is 9.61. The van der Waals surface area contributed by atoms with E-state index in [1.165, 1.54) is 32.4 Å². The number of thioether (sulfide) groups is 1. The van der Waals surface area contributed by atoms with Gasteiger partial charge in [0, 0.05) is 10.6 Å². The summed E-state index contributed by atoms with van der Waals surface area (Å²) in [4.78, 5) is 39.4. The number of carbonyl (C=O) groups is 2. The van der Waals surface area contributed by atoms with Gasteiger partial charge in [0.2, 0.25) is 0 Å². The first-order valence-electron chi connectivity index (χ1n) is 7.17. The number of phenolic OH excluding ortho intramolecular Hbond substituents is 1. The van der Waals surface area contributed by atoms with Crippen molar-refractivity contribution in [1.29, 1.82) is 0 Å². The first-order chi connectivity index (χ1) is 12.4. The summed E-state index contributed by atoms with van der Waals surface area (Å²) in [5.74, 6) is -2.56. The first-order valence-corrected chi connectivity index (χ1v) is 9.18. The van der Waals surface area contributed by atoms with E-state index in [2.05, 4.69) is 4.98 Å². The molecule has 136 valence electrons. The number of aromatic nitrogens is 1. The van der Waals surface area contributed by atoms with E-state index in [0.717, 1.165) is 23.1 Å². The third-order valence-electron chi connectivity index (χ3n) is 3.72. The highest BCUT2D eigenvalue weighted by Crippen LogP contribution is 2.50. The zero-order valence-electron chi connectivity index (χ0n) is 13.5. The van der Waals surface area contributed by atoms with Crippen molar-refractivity contribution in [2.75, 3.05) is 14.2 Å². The monoisotopic (exact) mass is 413 g/mol. The summed E-state index contributed by atoms with van der Waals surface area (Å²) in [7, 11) is 2.36. The Balaban J connectivity index is 2.35. The van der Waals surface area contributed by atoms with Crippen LogP contribution in [0.15, 0.2) is 38.5 Å². The number of fused-ring (bicyclic) bond motifs is 1. The molecule has 0 saturated heterocycles. The van der Waals surface area contributed by atoms with Crippen LogP contribution >= 0.6 is 34.7 Å². The number of phenols is 1. The molecule has 1 aliphatic heterocycles. The van der Waals surface area contributed by atoms with E-state index in [-0.39, 0.29) is 26.7 Å². The Bertz CT molecular complexity index is 993. The average molecular weight is 414 g/mol. The van der Waals surface area contributed by atoms with E-state index < -0.39 is 17.9 Å². The summed E-state index contributed by atoms with van der Waals surface area (Å²) >= 11 is 7.85. The lowest BCUT2D eigenvalue weighted by Crippen LogP contribution is -2.22. The molecule has 2 aromatic rings. The normalized spacial score (nSPS) is 16.2. The second kappa shape index (κ2) is 7.18. The molecule has 7 nitrogen and oxygen atoms in total. The van der Waals surface area contributed by atoms with Gasteiger partial charge >= 0.3 is 16.8 Å². The van der Waals surface area contributed by atoms with Crippen molar-refractivity contribution < 1.29 is 24.2 Å². The second-order valence-electron chi connectivity index (χ2n) is 5.17. The Labute approximate surface area is 160 Å². The van der Waals surface area contributed by atoms with Crippen molar-refractivity contribution in [3.63, 3.8) is 0 Å². The number of ether oxygens (including phenoxy) is 2. The molecule has 10 heteroatoms. The Morgan fingerprint density at radius 3 is 2.58 bits per heavy atom. The Morgan fingerprint density at radius 1 is 1.23 bits per heavy atom. The molecule has 2 heterocycles. The molecule has 0 radical (unpaired) electrons. The number of hydrogen-bond acceptors (Lipinski definition) is 8. The first kappa shape index (κ1) is 18.6. The molecule has 0 aliphatic carbocycles. The van der Waals surface area contributed by atoms with Crippen LogP contribution in [0.5, 0.6) is 5.75 Å².